The summed E-state index contributed by atoms with van der Waals surface area (Å²) in [5.74, 6) is -0.653. The van der Waals surface area contributed by atoms with E-state index < -0.39 is 16.0 Å². The van der Waals surface area contributed by atoms with Crippen molar-refractivity contribution in [2.75, 3.05) is 29.7 Å². The van der Waals surface area contributed by atoms with Crippen LogP contribution in [0.25, 0.3) is 0 Å². The van der Waals surface area contributed by atoms with Crippen LogP contribution in [0.1, 0.15) is 40.7 Å². The predicted octanol–water partition coefficient (Wildman–Crippen LogP) is 3.09. The number of benzene rings is 2. The van der Waals surface area contributed by atoms with E-state index in [-0.39, 0.29) is 16.1 Å². The van der Waals surface area contributed by atoms with Gasteiger partial charge in [0.25, 0.3) is 10.0 Å². The lowest BCUT2D eigenvalue weighted by atomic mass is 9.87. The molecule has 0 bridgehead atoms. The summed E-state index contributed by atoms with van der Waals surface area (Å²) in [6.07, 6.45) is 4.46. The van der Waals surface area contributed by atoms with Crippen molar-refractivity contribution < 1.29 is 18.3 Å². The van der Waals surface area contributed by atoms with Crippen molar-refractivity contribution in [1.29, 1.82) is 0 Å². The predicted molar refractivity (Wildman–Crippen MR) is 117 cm³/mol. The molecule has 0 aromatic heterocycles. The molecular formula is C22H27N3O4S. The van der Waals surface area contributed by atoms with Crippen LogP contribution in [-0.4, -0.2) is 39.1 Å². The van der Waals surface area contributed by atoms with Crippen molar-refractivity contribution in [3.63, 3.8) is 0 Å². The van der Waals surface area contributed by atoms with E-state index in [0.29, 0.717) is 24.6 Å². The minimum atomic E-state index is -3.96. The first kappa shape index (κ1) is 20.7. The van der Waals surface area contributed by atoms with Crippen LogP contribution in [0, 0.1) is 5.92 Å². The average Bonchev–Trinajstić information content (AvgIpc) is 3.25. The topological polar surface area (TPSA) is 108 Å². The zero-order chi connectivity index (χ0) is 21.1. The molecule has 2 aliphatic rings. The van der Waals surface area contributed by atoms with Gasteiger partial charge in [-0.1, -0.05) is 18.2 Å². The first-order chi connectivity index (χ1) is 14.5. The van der Waals surface area contributed by atoms with Gasteiger partial charge >= 0.3 is 5.97 Å². The molecule has 0 amide bonds. The molecule has 0 radical (unpaired) electrons. The van der Waals surface area contributed by atoms with Gasteiger partial charge < -0.3 is 15.7 Å². The molecule has 4 N–H and O–H groups in total. The second kappa shape index (κ2) is 8.65. The van der Waals surface area contributed by atoms with Crippen LogP contribution in [0.2, 0.25) is 0 Å². The van der Waals surface area contributed by atoms with Crippen LogP contribution >= 0.6 is 0 Å². The molecule has 2 aromatic carbocycles. The van der Waals surface area contributed by atoms with Crippen LogP contribution in [0.4, 0.5) is 11.4 Å². The number of carboxylic acid groups (broad SMARTS) is 1. The SMILES string of the molecule is O=C(O)c1c(NS(=O)(=O)c2ccccc2NC[C@H]2CCNC2)ccc2c1CCCC2. The van der Waals surface area contributed by atoms with Gasteiger partial charge in [-0.15, -0.1) is 0 Å². The molecule has 8 heteroatoms. The zero-order valence-electron chi connectivity index (χ0n) is 16.8. The standard InChI is InChI=1S/C22H27N3O4S/c26-22(27)21-17-6-2-1-5-16(17)9-10-19(21)25-30(28,29)20-8-4-3-7-18(20)24-14-15-11-12-23-13-15/h3-4,7-10,15,23-25H,1-2,5-6,11-14H2,(H,26,27)/t15-/m0/s1. The lowest BCUT2D eigenvalue weighted by Gasteiger charge is -2.21. The number of anilines is 2. The highest BCUT2D eigenvalue weighted by atomic mass is 32.2. The Kier molecular flexibility index (Phi) is 5.97. The lowest BCUT2D eigenvalue weighted by Crippen LogP contribution is -2.21. The third-order valence-corrected chi connectivity index (χ3v) is 7.33. The van der Waals surface area contributed by atoms with Crippen LogP contribution in [0.5, 0.6) is 0 Å². The number of fused-ring (bicyclic) bond motifs is 1. The van der Waals surface area contributed by atoms with Gasteiger partial charge in [0.1, 0.15) is 4.90 Å². The van der Waals surface area contributed by atoms with E-state index in [1.807, 2.05) is 6.07 Å². The maximum Gasteiger partial charge on any atom is 0.338 e. The van der Waals surface area contributed by atoms with Crippen molar-refractivity contribution in [1.82, 2.24) is 5.32 Å². The molecule has 4 rings (SSSR count). The minimum Gasteiger partial charge on any atom is -0.478 e. The van der Waals surface area contributed by atoms with Crippen LogP contribution in [0.15, 0.2) is 41.3 Å². The number of carboxylic acids is 1. The molecule has 0 unspecified atom stereocenters. The molecule has 1 heterocycles. The molecule has 1 aliphatic carbocycles. The molecule has 0 spiro atoms. The van der Waals surface area contributed by atoms with Gasteiger partial charge in [-0.3, -0.25) is 4.72 Å². The van der Waals surface area contributed by atoms with Gasteiger partial charge in [-0.25, -0.2) is 13.2 Å². The van der Waals surface area contributed by atoms with Crippen molar-refractivity contribution in [3.05, 3.63) is 53.1 Å². The fraction of sp³-hybridized carbons (Fsp3) is 0.409. The van der Waals surface area contributed by atoms with Crippen molar-refractivity contribution in [2.24, 2.45) is 5.92 Å². The Morgan fingerprint density at radius 3 is 2.67 bits per heavy atom. The van der Waals surface area contributed by atoms with Gasteiger partial charge in [0, 0.05) is 6.54 Å². The third kappa shape index (κ3) is 4.29. The molecular weight excluding hydrogens is 402 g/mol. The quantitative estimate of drug-likeness (QED) is 0.539. The summed E-state index contributed by atoms with van der Waals surface area (Å²) < 4.78 is 29.0. The fourth-order valence-electron chi connectivity index (χ4n) is 4.35. The highest BCUT2D eigenvalue weighted by Gasteiger charge is 2.26. The summed E-state index contributed by atoms with van der Waals surface area (Å²) in [4.78, 5) is 12.1. The molecule has 2 aromatic rings. The molecule has 30 heavy (non-hydrogen) atoms. The number of aromatic carboxylic acids is 1. The zero-order valence-corrected chi connectivity index (χ0v) is 17.6. The van der Waals surface area contributed by atoms with Crippen molar-refractivity contribution in [3.8, 4) is 0 Å². The van der Waals surface area contributed by atoms with Crippen molar-refractivity contribution in [2.45, 2.75) is 37.0 Å². The molecule has 1 atom stereocenters. The molecule has 1 fully saturated rings. The molecule has 0 saturated carbocycles. The first-order valence-corrected chi connectivity index (χ1v) is 11.9. The Hall–Kier alpha value is -2.58. The van der Waals surface area contributed by atoms with Gasteiger partial charge in [-0.2, -0.15) is 0 Å². The summed E-state index contributed by atoms with van der Waals surface area (Å²) in [6.45, 7) is 2.57. The van der Waals surface area contributed by atoms with Gasteiger partial charge in [0.05, 0.1) is 16.9 Å². The Morgan fingerprint density at radius 2 is 1.90 bits per heavy atom. The number of rotatable bonds is 7. The Morgan fingerprint density at radius 1 is 1.10 bits per heavy atom. The number of nitrogens with one attached hydrogen (secondary N) is 3. The van der Waals surface area contributed by atoms with E-state index >= 15 is 0 Å². The van der Waals surface area contributed by atoms with Gasteiger partial charge in [0.15, 0.2) is 0 Å². The molecule has 160 valence electrons. The Labute approximate surface area is 176 Å². The van der Waals surface area contributed by atoms with E-state index in [1.165, 1.54) is 6.07 Å². The summed E-state index contributed by atoms with van der Waals surface area (Å²) >= 11 is 0. The third-order valence-electron chi connectivity index (χ3n) is 5.91. The lowest BCUT2D eigenvalue weighted by molar-refractivity contribution is 0.0696. The summed E-state index contributed by atoms with van der Waals surface area (Å²) in [7, 11) is -3.96. The van der Waals surface area contributed by atoms with Crippen LogP contribution in [0.3, 0.4) is 0 Å². The fourth-order valence-corrected chi connectivity index (χ4v) is 5.60. The molecule has 1 aliphatic heterocycles. The summed E-state index contributed by atoms with van der Waals surface area (Å²) in [6, 6.07) is 10.2. The second-order valence-corrected chi connectivity index (χ2v) is 9.63. The Balaban J connectivity index is 1.63. The average molecular weight is 430 g/mol. The summed E-state index contributed by atoms with van der Waals surface area (Å²) in [5, 5.41) is 16.4. The highest BCUT2D eigenvalue weighted by Crippen LogP contribution is 2.32. The van der Waals surface area contributed by atoms with E-state index in [9.17, 15) is 18.3 Å². The normalized spacial score (nSPS) is 18.6. The number of hydrogen-bond acceptors (Lipinski definition) is 5. The molecule has 1 saturated heterocycles. The van der Waals surface area contributed by atoms with Crippen molar-refractivity contribution >= 4 is 27.4 Å². The van der Waals surface area contributed by atoms with Gasteiger partial charge in [-0.05, 0) is 80.4 Å². The largest absolute Gasteiger partial charge is 0.478 e. The van der Waals surface area contributed by atoms with Crippen LogP contribution < -0.4 is 15.4 Å². The van der Waals surface area contributed by atoms with Crippen LogP contribution in [-0.2, 0) is 22.9 Å². The smallest absolute Gasteiger partial charge is 0.338 e. The monoisotopic (exact) mass is 429 g/mol. The summed E-state index contributed by atoms with van der Waals surface area (Å²) in [5.41, 5.74) is 2.45. The van der Waals surface area contributed by atoms with E-state index in [2.05, 4.69) is 15.4 Å². The number of hydrogen-bond donors (Lipinski definition) is 4. The maximum absolute atomic E-state index is 13.2. The number of sulfonamides is 1. The maximum atomic E-state index is 13.2. The highest BCUT2D eigenvalue weighted by molar-refractivity contribution is 7.92. The number of carbonyl (C=O) groups is 1. The second-order valence-electron chi connectivity index (χ2n) is 7.98. The molecule has 7 nitrogen and oxygen atoms in total. The number of aryl methyl sites for hydroxylation is 1. The van der Waals surface area contributed by atoms with Gasteiger partial charge in [0.2, 0.25) is 0 Å². The Bertz CT molecular complexity index is 1050. The van der Waals surface area contributed by atoms with E-state index in [4.69, 9.17) is 0 Å². The number of para-hydroxylation sites is 1. The minimum absolute atomic E-state index is 0.0678. The first-order valence-electron chi connectivity index (χ1n) is 10.4. The van der Waals surface area contributed by atoms with E-state index in [1.54, 1.807) is 24.3 Å². The van der Waals surface area contributed by atoms with E-state index in [0.717, 1.165) is 49.9 Å².